The summed E-state index contributed by atoms with van der Waals surface area (Å²) in [6, 6.07) is -3.46. The SMILES string of the molecule is CCC(C)N[C@@H](CC(C)C)C(=O)N[C@@H](CC(C)C)C(=O)NC(CC(F)F)C(=O)C(=O)O. The van der Waals surface area contributed by atoms with Crippen LogP contribution in [-0.2, 0) is 19.2 Å². The molecule has 0 aliphatic rings. The molecule has 180 valence electrons. The number of carboxylic acids is 1. The smallest absolute Gasteiger partial charge is 0.374 e. The quantitative estimate of drug-likeness (QED) is 0.284. The number of halogens is 2. The molecule has 0 aliphatic carbocycles. The first-order chi connectivity index (χ1) is 14.3. The van der Waals surface area contributed by atoms with E-state index in [1.807, 2.05) is 41.5 Å². The molecule has 0 saturated heterocycles. The largest absolute Gasteiger partial charge is 0.475 e. The van der Waals surface area contributed by atoms with Crippen LogP contribution in [0.15, 0.2) is 0 Å². The fourth-order valence-electron chi connectivity index (χ4n) is 2.99. The van der Waals surface area contributed by atoms with Crippen molar-refractivity contribution in [2.45, 2.75) is 97.8 Å². The molecule has 0 rings (SSSR count). The van der Waals surface area contributed by atoms with Crippen molar-refractivity contribution in [3.05, 3.63) is 0 Å². The number of ketones is 1. The van der Waals surface area contributed by atoms with Crippen molar-refractivity contribution in [1.82, 2.24) is 16.0 Å². The van der Waals surface area contributed by atoms with Gasteiger partial charge in [-0.2, -0.15) is 0 Å². The van der Waals surface area contributed by atoms with Gasteiger partial charge in [-0.1, -0.05) is 34.6 Å². The topological polar surface area (TPSA) is 125 Å². The molecule has 0 saturated carbocycles. The average molecular weight is 450 g/mol. The molecule has 8 nitrogen and oxygen atoms in total. The molecule has 10 heteroatoms. The molecule has 0 aromatic heterocycles. The summed E-state index contributed by atoms with van der Waals surface area (Å²) in [4.78, 5) is 48.3. The zero-order chi connectivity index (χ0) is 24.3. The lowest BCUT2D eigenvalue weighted by Crippen LogP contribution is -2.57. The minimum atomic E-state index is -2.98. The highest BCUT2D eigenvalue weighted by Gasteiger charge is 2.33. The molecule has 0 bridgehead atoms. The number of amides is 2. The highest BCUT2D eigenvalue weighted by molar-refractivity contribution is 6.35. The normalized spacial score (nSPS) is 15.5. The van der Waals surface area contributed by atoms with Crippen molar-refractivity contribution in [3.8, 4) is 0 Å². The van der Waals surface area contributed by atoms with Gasteiger partial charge in [-0.3, -0.25) is 14.4 Å². The van der Waals surface area contributed by atoms with Gasteiger partial charge in [0.25, 0.3) is 5.78 Å². The molecule has 2 amide bonds. The van der Waals surface area contributed by atoms with Crippen LogP contribution in [0.3, 0.4) is 0 Å². The Kier molecular flexibility index (Phi) is 13.1. The number of carboxylic acid groups (broad SMARTS) is 1. The second kappa shape index (κ2) is 14.1. The second-order valence-corrected chi connectivity index (χ2v) is 8.71. The Balaban J connectivity index is 5.52. The van der Waals surface area contributed by atoms with Gasteiger partial charge in [-0.15, -0.1) is 0 Å². The van der Waals surface area contributed by atoms with Gasteiger partial charge < -0.3 is 21.1 Å². The third-order valence-electron chi connectivity index (χ3n) is 4.72. The van der Waals surface area contributed by atoms with Gasteiger partial charge in [0.2, 0.25) is 18.2 Å². The number of carbonyl (C=O) groups excluding carboxylic acids is 3. The van der Waals surface area contributed by atoms with Gasteiger partial charge >= 0.3 is 5.97 Å². The zero-order valence-corrected chi connectivity index (χ0v) is 19.2. The molecule has 0 radical (unpaired) electrons. The number of alkyl halides is 2. The number of aliphatic carboxylic acids is 1. The van der Waals surface area contributed by atoms with Crippen molar-refractivity contribution in [1.29, 1.82) is 0 Å². The maximum absolute atomic E-state index is 12.9. The molecule has 0 heterocycles. The maximum atomic E-state index is 12.9. The summed E-state index contributed by atoms with van der Waals surface area (Å²) in [5.74, 6) is -4.55. The predicted molar refractivity (Wildman–Crippen MR) is 113 cm³/mol. The summed E-state index contributed by atoms with van der Waals surface area (Å²) in [5, 5.41) is 16.8. The van der Waals surface area contributed by atoms with Gasteiger partial charge in [0.15, 0.2) is 0 Å². The number of hydrogen-bond acceptors (Lipinski definition) is 5. The first-order valence-corrected chi connectivity index (χ1v) is 10.7. The van der Waals surface area contributed by atoms with Crippen LogP contribution in [-0.4, -0.2) is 59.3 Å². The summed E-state index contributed by atoms with van der Waals surface area (Å²) in [5.41, 5.74) is 0. The van der Waals surface area contributed by atoms with E-state index in [2.05, 4.69) is 16.0 Å². The molecule has 4 N–H and O–H groups in total. The number of rotatable bonds is 15. The molecule has 0 aromatic rings. The highest BCUT2D eigenvalue weighted by Crippen LogP contribution is 2.11. The summed E-state index contributed by atoms with van der Waals surface area (Å²) >= 11 is 0. The van der Waals surface area contributed by atoms with E-state index in [9.17, 15) is 28.0 Å². The van der Waals surface area contributed by atoms with Crippen molar-refractivity contribution in [2.24, 2.45) is 11.8 Å². The summed E-state index contributed by atoms with van der Waals surface area (Å²) in [7, 11) is 0. The molecular weight excluding hydrogens is 412 g/mol. The van der Waals surface area contributed by atoms with Gasteiger partial charge in [0, 0.05) is 12.5 Å². The van der Waals surface area contributed by atoms with Crippen molar-refractivity contribution >= 4 is 23.6 Å². The molecule has 4 atom stereocenters. The van der Waals surface area contributed by atoms with Crippen LogP contribution >= 0.6 is 0 Å². The predicted octanol–water partition coefficient (Wildman–Crippen LogP) is 2.11. The number of nitrogens with one attached hydrogen (secondary N) is 3. The van der Waals surface area contributed by atoms with Crippen LogP contribution in [0.5, 0.6) is 0 Å². The Morgan fingerprint density at radius 3 is 1.65 bits per heavy atom. The Hall–Kier alpha value is -2.10. The fraction of sp³-hybridized carbons (Fsp3) is 0.810. The molecule has 0 spiro atoms. The first-order valence-electron chi connectivity index (χ1n) is 10.7. The Bertz CT molecular complexity index is 614. The number of Topliss-reactive ketones (excluding diaryl/α,β-unsaturated/α-hetero) is 1. The van der Waals surface area contributed by atoms with Crippen molar-refractivity contribution < 1.29 is 33.1 Å². The van der Waals surface area contributed by atoms with Gasteiger partial charge in [0.05, 0.1) is 6.04 Å². The monoisotopic (exact) mass is 449 g/mol. The van der Waals surface area contributed by atoms with Crippen molar-refractivity contribution in [2.75, 3.05) is 0 Å². The van der Waals surface area contributed by atoms with E-state index >= 15 is 0 Å². The maximum Gasteiger partial charge on any atom is 0.374 e. The second-order valence-electron chi connectivity index (χ2n) is 8.71. The van der Waals surface area contributed by atoms with Crippen LogP contribution in [0.1, 0.15) is 67.2 Å². The lowest BCUT2D eigenvalue weighted by molar-refractivity contribution is -0.151. The molecule has 2 unspecified atom stereocenters. The van der Waals surface area contributed by atoms with Crippen LogP contribution < -0.4 is 16.0 Å². The highest BCUT2D eigenvalue weighted by atomic mass is 19.3. The lowest BCUT2D eigenvalue weighted by atomic mass is 9.99. The van der Waals surface area contributed by atoms with Gasteiger partial charge in [-0.05, 0) is 38.0 Å². The van der Waals surface area contributed by atoms with E-state index in [0.29, 0.717) is 6.42 Å². The van der Waals surface area contributed by atoms with Gasteiger partial charge in [0.1, 0.15) is 12.1 Å². The van der Waals surface area contributed by atoms with E-state index in [1.165, 1.54) is 0 Å². The zero-order valence-electron chi connectivity index (χ0n) is 19.2. The summed E-state index contributed by atoms with van der Waals surface area (Å²) in [6.07, 6.45) is -2.59. The summed E-state index contributed by atoms with van der Waals surface area (Å²) in [6.45, 7) is 11.5. The molecule has 0 fully saturated rings. The van der Waals surface area contributed by atoms with Crippen LogP contribution in [0.2, 0.25) is 0 Å². The van der Waals surface area contributed by atoms with Crippen LogP contribution in [0.4, 0.5) is 8.78 Å². The molecule has 31 heavy (non-hydrogen) atoms. The molecule has 0 aliphatic heterocycles. The van der Waals surface area contributed by atoms with E-state index in [4.69, 9.17) is 5.11 Å². The third-order valence-corrected chi connectivity index (χ3v) is 4.72. The van der Waals surface area contributed by atoms with Gasteiger partial charge in [-0.25, -0.2) is 13.6 Å². The lowest BCUT2D eigenvalue weighted by Gasteiger charge is -2.27. The van der Waals surface area contributed by atoms with E-state index in [0.717, 1.165) is 6.42 Å². The van der Waals surface area contributed by atoms with E-state index in [1.54, 1.807) is 0 Å². The first kappa shape index (κ1) is 28.9. The minimum absolute atomic E-state index is 0.0363. The Morgan fingerprint density at radius 1 is 0.774 bits per heavy atom. The molecular formula is C21H37F2N3O5. The molecule has 0 aromatic carbocycles. The minimum Gasteiger partial charge on any atom is -0.475 e. The van der Waals surface area contributed by atoms with E-state index < -0.39 is 54.5 Å². The number of carbonyl (C=O) groups is 4. The van der Waals surface area contributed by atoms with Crippen LogP contribution in [0.25, 0.3) is 0 Å². The Morgan fingerprint density at radius 2 is 1.23 bits per heavy atom. The Labute approximate surface area is 182 Å². The average Bonchev–Trinajstić information content (AvgIpc) is 2.64. The van der Waals surface area contributed by atoms with Crippen molar-refractivity contribution in [3.63, 3.8) is 0 Å². The summed E-state index contributed by atoms with van der Waals surface area (Å²) < 4.78 is 25.6. The van der Waals surface area contributed by atoms with E-state index in [-0.39, 0.29) is 24.3 Å². The van der Waals surface area contributed by atoms with Crippen LogP contribution in [0, 0.1) is 11.8 Å². The fourth-order valence-corrected chi connectivity index (χ4v) is 2.99. The number of hydrogen-bond donors (Lipinski definition) is 4. The third kappa shape index (κ3) is 11.8. The standard InChI is InChI=1S/C21H37F2N3O5/c1-7-13(6)24-15(8-11(2)3)19(28)26-16(9-12(4)5)20(29)25-14(10-17(22)23)18(27)21(30)31/h11-17,24H,7-10H2,1-6H3,(H,25,29)(H,26,28)(H,30,31)/t13?,14?,15-,16-/m0/s1.